The van der Waals surface area contributed by atoms with Gasteiger partial charge in [-0.25, -0.2) is 0 Å². The molecule has 1 aliphatic rings. The Morgan fingerprint density at radius 1 is 1.18 bits per heavy atom. The average Bonchev–Trinajstić information content (AvgIpc) is 2.06. The van der Waals surface area contributed by atoms with Crippen molar-refractivity contribution in [3.05, 3.63) is 29.8 Å². The molecule has 0 saturated carbocycles. The zero-order valence-corrected chi connectivity index (χ0v) is 8.96. The Bertz CT molecular complexity index is 297. The van der Waals surface area contributed by atoms with Crippen molar-refractivity contribution < 1.29 is 10.4 Å². The molecule has 1 aromatic carbocycles. The van der Waals surface area contributed by atoms with Gasteiger partial charge in [-0.1, -0.05) is 0 Å². The quantitative estimate of drug-likeness (QED) is 0.652. The van der Waals surface area contributed by atoms with Gasteiger partial charge in [0.15, 0.2) is 0 Å². The monoisotopic (exact) mass is 345 g/mol. The summed E-state index contributed by atoms with van der Waals surface area (Å²) >= 11 is -1.43. The van der Waals surface area contributed by atoms with Gasteiger partial charge in [0, 0.05) is 0 Å². The second-order valence-electron chi connectivity index (χ2n) is 2.04. The van der Waals surface area contributed by atoms with E-state index in [1.807, 2.05) is 6.07 Å². The summed E-state index contributed by atoms with van der Waals surface area (Å²) in [7, 11) is 0. The molecule has 2 rings (SSSR count). The fourth-order valence-electron chi connectivity index (χ4n) is 0.857. The first kappa shape index (κ1) is 7.05. The molecule has 0 atom stereocenters. The van der Waals surface area contributed by atoms with E-state index < -0.39 is 24.1 Å². The number of rotatable bonds is 0. The van der Waals surface area contributed by atoms with Gasteiger partial charge in [0.25, 0.3) is 0 Å². The minimum absolute atomic E-state index is 0.233. The zero-order chi connectivity index (χ0) is 7.68. The van der Waals surface area contributed by atoms with Gasteiger partial charge in [0.05, 0.1) is 0 Å². The molecule has 0 amide bonds. The molecule has 55 valence electrons. The van der Waals surface area contributed by atoms with E-state index in [0.29, 0.717) is 11.3 Å². The molecule has 1 radical (unpaired) electrons. The molecule has 0 unspecified atom stereocenters. The first-order chi connectivity index (χ1) is 5.38. The Morgan fingerprint density at radius 2 is 2.00 bits per heavy atom. The number of benzene rings is 1. The van der Waals surface area contributed by atoms with Crippen LogP contribution >= 0.6 is 0 Å². The van der Waals surface area contributed by atoms with E-state index in [1.54, 1.807) is 18.2 Å². The van der Waals surface area contributed by atoms with Crippen LogP contribution in [0.15, 0.2) is 24.3 Å². The van der Waals surface area contributed by atoms with Crippen molar-refractivity contribution in [1.82, 2.24) is 0 Å². The Hall–Kier alpha value is -0.627. The molecule has 3 nitrogen and oxygen atoms in total. The van der Waals surface area contributed by atoms with E-state index in [1.165, 1.54) is 0 Å². The number of hydrogen-bond donors (Lipinski definition) is 0. The first-order valence-electron chi connectivity index (χ1n) is 3.05. The third kappa shape index (κ3) is 1.23. The molecule has 0 fully saturated rings. The normalized spacial score (nSPS) is 14.7. The van der Waals surface area contributed by atoms with Gasteiger partial charge in [-0.15, -0.1) is 0 Å². The van der Waals surface area contributed by atoms with Crippen LogP contribution in [0.1, 0.15) is 10.4 Å². The molecular formula is C7H4BiO3. The van der Waals surface area contributed by atoms with Gasteiger partial charge in [-0.05, 0) is 0 Å². The molecule has 1 heterocycles. The van der Waals surface area contributed by atoms with Gasteiger partial charge >= 0.3 is 76.1 Å². The maximum absolute atomic E-state index is 11.0. The molecule has 0 saturated heterocycles. The van der Waals surface area contributed by atoms with Gasteiger partial charge in [-0.2, -0.15) is 0 Å². The van der Waals surface area contributed by atoms with Crippen molar-refractivity contribution in [1.29, 1.82) is 0 Å². The van der Waals surface area contributed by atoms with Crippen LogP contribution in [0.4, 0.5) is 0 Å². The SMILES string of the molecule is O=C1[O][Bi][O]c2ccccc21. The van der Waals surface area contributed by atoms with E-state index >= 15 is 0 Å². The summed E-state index contributed by atoms with van der Waals surface area (Å²) in [5.41, 5.74) is 0.544. The molecule has 1 aliphatic heterocycles. The number of carbonyl (C=O) groups is 1. The molecule has 0 aliphatic carbocycles. The fourth-order valence-corrected chi connectivity index (χ4v) is 2.58. The van der Waals surface area contributed by atoms with Crippen molar-refractivity contribution in [2.45, 2.75) is 0 Å². The number of fused-ring (bicyclic) bond motifs is 1. The van der Waals surface area contributed by atoms with Crippen molar-refractivity contribution in [3.8, 4) is 5.75 Å². The van der Waals surface area contributed by atoms with Gasteiger partial charge in [0.2, 0.25) is 0 Å². The fraction of sp³-hybridized carbons (Fsp3) is 0. The van der Waals surface area contributed by atoms with E-state index in [-0.39, 0.29) is 5.97 Å². The van der Waals surface area contributed by atoms with Crippen molar-refractivity contribution in [2.75, 3.05) is 0 Å². The molecule has 4 heteroatoms. The molecule has 11 heavy (non-hydrogen) atoms. The number of carbonyl (C=O) groups excluding carboxylic acids is 1. The van der Waals surface area contributed by atoms with Crippen LogP contribution in [0.3, 0.4) is 0 Å². The van der Waals surface area contributed by atoms with Gasteiger partial charge in [-0.3, -0.25) is 0 Å². The van der Waals surface area contributed by atoms with E-state index in [9.17, 15) is 4.79 Å². The molecule has 0 spiro atoms. The molecule has 0 N–H and O–H groups in total. The molecule has 1 aromatic rings. The molecule has 0 aromatic heterocycles. The first-order valence-corrected chi connectivity index (χ1v) is 5.89. The van der Waals surface area contributed by atoms with Gasteiger partial charge < -0.3 is 0 Å². The Balaban J connectivity index is 2.52. The Morgan fingerprint density at radius 3 is 2.82 bits per heavy atom. The third-order valence-corrected chi connectivity index (χ3v) is 3.35. The number of hydrogen-bond acceptors (Lipinski definition) is 3. The standard InChI is InChI=1S/C7H6O3.Bi/c8-6-4-2-1-3-5(6)7(9)10;/h1-4,8H,(H,9,10);/q;+2/p-2. The Labute approximate surface area is 76.1 Å². The molecular weight excluding hydrogens is 341 g/mol. The Kier molecular flexibility index (Phi) is 1.78. The van der Waals surface area contributed by atoms with Crippen LogP contribution in [0.2, 0.25) is 0 Å². The van der Waals surface area contributed by atoms with Crippen LogP contribution in [-0.2, 0) is 2.81 Å². The predicted octanol–water partition coefficient (Wildman–Crippen LogP) is 0.770. The summed E-state index contributed by atoms with van der Waals surface area (Å²) in [5, 5.41) is 0. The van der Waals surface area contributed by atoms with E-state index in [2.05, 4.69) is 0 Å². The summed E-state index contributed by atoms with van der Waals surface area (Å²) in [4.78, 5) is 11.0. The van der Waals surface area contributed by atoms with Crippen LogP contribution in [0.5, 0.6) is 5.75 Å². The van der Waals surface area contributed by atoms with Gasteiger partial charge in [0.1, 0.15) is 0 Å². The second-order valence-corrected chi connectivity index (χ2v) is 4.04. The van der Waals surface area contributed by atoms with Crippen LogP contribution in [0.25, 0.3) is 0 Å². The summed E-state index contributed by atoms with van der Waals surface area (Å²) in [6.07, 6.45) is 0. The van der Waals surface area contributed by atoms with E-state index in [4.69, 9.17) is 5.63 Å². The van der Waals surface area contributed by atoms with Crippen molar-refractivity contribution >= 4 is 30.1 Å². The van der Waals surface area contributed by atoms with Crippen LogP contribution < -0.4 is 2.81 Å². The summed E-state index contributed by atoms with van der Waals surface area (Å²) in [6, 6.07) is 7.14. The third-order valence-electron chi connectivity index (χ3n) is 1.36. The zero-order valence-electron chi connectivity index (χ0n) is 5.48. The van der Waals surface area contributed by atoms with Crippen molar-refractivity contribution in [2.24, 2.45) is 0 Å². The molecule has 0 bridgehead atoms. The predicted molar refractivity (Wildman–Crippen MR) is 38.2 cm³/mol. The summed E-state index contributed by atoms with van der Waals surface area (Å²) in [6.45, 7) is 0. The summed E-state index contributed by atoms with van der Waals surface area (Å²) in [5.74, 6) is 0.448. The van der Waals surface area contributed by atoms with Crippen LogP contribution in [0, 0.1) is 0 Å². The maximum atomic E-state index is 11.0. The average molecular weight is 345 g/mol. The second kappa shape index (κ2) is 2.78. The topological polar surface area (TPSA) is 35.5 Å². The van der Waals surface area contributed by atoms with E-state index in [0.717, 1.165) is 0 Å². The summed E-state index contributed by atoms with van der Waals surface area (Å²) < 4.78 is 10.1. The van der Waals surface area contributed by atoms with Crippen LogP contribution in [-0.4, -0.2) is 30.1 Å². The number of para-hydroxylation sites is 1. The van der Waals surface area contributed by atoms with Crippen molar-refractivity contribution in [3.63, 3.8) is 0 Å². The minimum atomic E-state index is -1.43.